The van der Waals surface area contributed by atoms with Gasteiger partial charge >= 0.3 is 0 Å². The van der Waals surface area contributed by atoms with Crippen LogP contribution in [0.25, 0.3) is 0 Å². The number of ether oxygens (including phenoxy) is 2. The number of rotatable bonds is 3. The zero-order chi connectivity index (χ0) is 10.6. The van der Waals surface area contributed by atoms with E-state index in [-0.39, 0.29) is 5.60 Å². The van der Waals surface area contributed by atoms with Crippen molar-refractivity contribution in [3.63, 3.8) is 0 Å². The number of morpholine rings is 1. The summed E-state index contributed by atoms with van der Waals surface area (Å²) in [6.07, 6.45) is 2.39. The SMILES string of the molecule is COC1(CN2CCOCC2)CCCNC1. The second kappa shape index (κ2) is 5.25. The van der Waals surface area contributed by atoms with Gasteiger partial charge in [-0.2, -0.15) is 0 Å². The summed E-state index contributed by atoms with van der Waals surface area (Å²) < 4.78 is 11.1. The molecular formula is C11H22N2O2. The van der Waals surface area contributed by atoms with Crippen LogP contribution in [0.2, 0.25) is 0 Å². The molecule has 0 amide bonds. The summed E-state index contributed by atoms with van der Waals surface area (Å²) in [4.78, 5) is 2.46. The Kier molecular flexibility index (Phi) is 3.97. The highest BCUT2D eigenvalue weighted by Gasteiger charge is 2.34. The lowest BCUT2D eigenvalue weighted by Gasteiger charge is -2.41. The van der Waals surface area contributed by atoms with Crippen LogP contribution in [0, 0.1) is 0 Å². The summed E-state index contributed by atoms with van der Waals surface area (Å²) in [5.41, 5.74) is 0.0373. The molecule has 0 spiro atoms. The van der Waals surface area contributed by atoms with E-state index < -0.39 is 0 Å². The molecule has 0 radical (unpaired) electrons. The predicted molar refractivity (Wildman–Crippen MR) is 59.1 cm³/mol. The fourth-order valence-electron chi connectivity index (χ4n) is 2.48. The number of piperidine rings is 1. The third-order valence-corrected chi connectivity index (χ3v) is 3.48. The second-order valence-corrected chi connectivity index (χ2v) is 4.56. The predicted octanol–water partition coefficient (Wildman–Crippen LogP) is 0.0872. The molecular weight excluding hydrogens is 192 g/mol. The molecule has 2 aliphatic rings. The smallest absolute Gasteiger partial charge is 0.0929 e. The maximum absolute atomic E-state index is 5.74. The fourth-order valence-corrected chi connectivity index (χ4v) is 2.48. The molecule has 0 saturated carbocycles. The molecule has 4 nitrogen and oxygen atoms in total. The van der Waals surface area contributed by atoms with E-state index in [0.29, 0.717) is 0 Å². The van der Waals surface area contributed by atoms with Gasteiger partial charge in [0.05, 0.1) is 18.8 Å². The average molecular weight is 214 g/mol. The molecule has 0 aromatic heterocycles. The molecule has 2 saturated heterocycles. The quantitative estimate of drug-likeness (QED) is 0.722. The molecule has 2 fully saturated rings. The number of nitrogens with zero attached hydrogens (tertiary/aromatic N) is 1. The summed E-state index contributed by atoms with van der Waals surface area (Å²) in [7, 11) is 1.84. The lowest BCUT2D eigenvalue weighted by molar-refractivity contribution is -0.0690. The van der Waals surface area contributed by atoms with Crippen LogP contribution >= 0.6 is 0 Å². The first kappa shape index (κ1) is 11.3. The standard InChI is InChI=1S/C11H22N2O2/c1-14-11(3-2-4-12-9-11)10-13-5-7-15-8-6-13/h12H,2-10H2,1H3. The zero-order valence-corrected chi connectivity index (χ0v) is 9.63. The van der Waals surface area contributed by atoms with E-state index in [1.807, 2.05) is 7.11 Å². The average Bonchev–Trinajstić information content (AvgIpc) is 2.32. The molecule has 2 aliphatic heterocycles. The van der Waals surface area contributed by atoms with E-state index in [9.17, 15) is 0 Å². The van der Waals surface area contributed by atoms with Gasteiger partial charge in [0, 0.05) is 33.3 Å². The van der Waals surface area contributed by atoms with Crippen LogP contribution in [0.3, 0.4) is 0 Å². The molecule has 88 valence electrons. The molecule has 0 bridgehead atoms. The monoisotopic (exact) mass is 214 g/mol. The van der Waals surface area contributed by atoms with Crippen LogP contribution in [0.15, 0.2) is 0 Å². The van der Waals surface area contributed by atoms with Crippen molar-refractivity contribution >= 4 is 0 Å². The van der Waals surface area contributed by atoms with Crippen molar-refractivity contribution in [1.82, 2.24) is 10.2 Å². The lowest BCUT2D eigenvalue weighted by Crippen LogP contribution is -2.55. The maximum Gasteiger partial charge on any atom is 0.0929 e. The summed E-state index contributed by atoms with van der Waals surface area (Å²) in [6.45, 7) is 6.99. The van der Waals surface area contributed by atoms with E-state index in [4.69, 9.17) is 9.47 Å². The Morgan fingerprint density at radius 2 is 2.20 bits per heavy atom. The highest BCUT2D eigenvalue weighted by molar-refractivity contribution is 4.90. The van der Waals surface area contributed by atoms with Crippen molar-refractivity contribution in [2.24, 2.45) is 0 Å². The minimum atomic E-state index is 0.0373. The molecule has 2 heterocycles. The van der Waals surface area contributed by atoms with Crippen molar-refractivity contribution in [1.29, 1.82) is 0 Å². The molecule has 2 rings (SSSR count). The Bertz CT molecular complexity index is 187. The van der Waals surface area contributed by atoms with Crippen LogP contribution in [-0.2, 0) is 9.47 Å². The van der Waals surface area contributed by atoms with E-state index in [2.05, 4.69) is 10.2 Å². The van der Waals surface area contributed by atoms with Crippen molar-refractivity contribution in [3.05, 3.63) is 0 Å². The molecule has 0 aliphatic carbocycles. The maximum atomic E-state index is 5.74. The van der Waals surface area contributed by atoms with E-state index in [0.717, 1.165) is 45.9 Å². The van der Waals surface area contributed by atoms with Gasteiger partial charge in [0.1, 0.15) is 0 Å². The Morgan fingerprint density at radius 3 is 2.80 bits per heavy atom. The number of hydrogen-bond donors (Lipinski definition) is 1. The minimum absolute atomic E-state index is 0.0373. The number of nitrogens with one attached hydrogen (secondary N) is 1. The van der Waals surface area contributed by atoms with Gasteiger partial charge in [0.2, 0.25) is 0 Å². The third-order valence-electron chi connectivity index (χ3n) is 3.48. The highest BCUT2D eigenvalue weighted by atomic mass is 16.5. The van der Waals surface area contributed by atoms with Gasteiger partial charge in [-0.1, -0.05) is 0 Å². The Balaban J connectivity index is 1.87. The van der Waals surface area contributed by atoms with E-state index in [1.54, 1.807) is 0 Å². The minimum Gasteiger partial charge on any atom is -0.379 e. The number of methoxy groups -OCH3 is 1. The summed E-state index contributed by atoms with van der Waals surface area (Å²) >= 11 is 0. The third kappa shape index (κ3) is 2.91. The van der Waals surface area contributed by atoms with Gasteiger partial charge in [-0.05, 0) is 19.4 Å². The molecule has 4 heteroatoms. The molecule has 0 aromatic carbocycles. The van der Waals surface area contributed by atoms with Crippen molar-refractivity contribution in [3.8, 4) is 0 Å². The first-order chi connectivity index (χ1) is 7.35. The van der Waals surface area contributed by atoms with Crippen LogP contribution < -0.4 is 5.32 Å². The molecule has 0 aromatic rings. The van der Waals surface area contributed by atoms with Crippen molar-refractivity contribution < 1.29 is 9.47 Å². The van der Waals surface area contributed by atoms with Crippen LogP contribution in [0.1, 0.15) is 12.8 Å². The van der Waals surface area contributed by atoms with E-state index >= 15 is 0 Å². The first-order valence-electron chi connectivity index (χ1n) is 5.91. The molecule has 1 N–H and O–H groups in total. The van der Waals surface area contributed by atoms with Crippen LogP contribution in [-0.4, -0.2) is 63.5 Å². The van der Waals surface area contributed by atoms with Crippen LogP contribution in [0.5, 0.6) is 0 Å². The van der Waals surface area contributed by atoms with Gasteiger partial charge in [0.25, 0.3) is 0 Å². The van der Waals surface area contributed by atoms with Gasteiger partial charge in [0.15, 0.2) is 0 Å². The molecule has 1 atom stereocenters. The second-order valence-electron chi connectivity index (χ2n) is 4.56. The number of hydrogen-bond acceptors (Lipinski definition) is 4. The highest BCUT2D eigenvalue weighted by Crippen LogP contribution is 2.21. The largest absolute Gasteiger partial charge is 0.379 e. The van der Waals surface area contributed by atoms with Gasteiger partial charge < -0.3 is 14.8 Å². The Morgan fingerprint density at radius 1 is 1.40 bits per heavy atom. The first-order valence-corrected chi connectivity index (χ1v) is 5.91. The summed E-state index contributed by atoms with van der Waals surface area (Å²) in [6, 6.07) is 0. The molecule has 1 unspecified atom stereocenters. The Labute approximate surface area is 91.9 Å². The Hall–Kier alpha value is -0.160. The van der Waals surface area contributed by atoms with Crippen LogP contribution in [0.4, 0.5) is 0 Å². The fraction of sp³-hybridized carbons (Fsp3) is 1.00. The van der Waals surface area contributed by atoms with Crippen molar-refractivity contribution in [2.45, 2.75) is 18.4 Å². The van der Waals surface area contributed by atoms with Gasteiger partial charge in [-0.25, -0.2) is 0 Å². The lowest BCUT2D eigenvalue weighted by atomic mass is 9.93. The summed E-state index contributed by atoms with van der Waals surface area (Å²) in [5, 5.41) is 3.43. The van der Waals surface area contributed by atoms with Gasteiger partial charge in [-0.15, -0.1) is 0 Å². The van der Waals surface area contributed by atoms with Crippen molar-refractivity contribution in [2.75, 3.05) is 53.0 Å². The zero-order valence-electron chi connectivity index (χ0n) is 9.63. The normalized spacial score (nSPS) is 34.2. The van der Waals surface area contributed by atoms with Gasteiger partial charge in [-0.3, -0.25) is 4.90 Å². The topological polar surface area (TPSA) is 33.7 Å². The molecule has 15 heavy (non-hydrogen) atoms. The summed E-state index contributed by atoms with van der Waals surface area (Å²) in [5.74, 6) is 0. The van der Waals surface area contributed by atoms with E-state index in [1.165, 1.54) is 12.8 Å².